The van der Waals surface area contributed by atoms with Crippen LogP contribution in [0.2, 0.25) is 0 Å². The quantitative estimate of drug-likeness (QED) is 0.707. The van der Waals surface area contributed by atoms with Gasteiger partial charge in [0.05, 0.1) is 6.10 Å². The molecule has 0 saturated heterocycles. The Kier molecular flexibility index (Phi) is 5.03. The third-order valence-electron chi connectivity index (χ3n) is 3.88. The third kappa shape index (κ3) is 3.44. The fraction of sp³-hybridized carbons (Fsp3) is 1.00. The van der Waals surface area contributed by atoms with E-state index in [9.17, 15) is 0 Å². The van der Waals surface area contributed by atoms with E-state index in [0.717, 1.165) is 19.4 Å². The van der Waals surface area contributed by atoms with Crippen molar-refractivity contribution in [2.45, 2.75) is 63.6 Å². The van der Waals surface area contributed by atoms with Gasteiger partial charge in [-0.1, -0.05) is 13.8 Å². The van der Waals surface area contributed by atoms with Crippen molar-refractivity contribution in [3.63, 3.8) is 0 Å². The van der Waals surface area contributed by atoms with Crippen LogP contribution in [0.3, 0.4) is 0 Å². The molecule has 1 saturated carbocycles. The van der Waals surface area contributed by atoms with Crippen molar-refractivity contribution in [2.24, 2.45) is 5.73 Å². The number of rotatable bonds is 6. The van der Waals surface area contributed by atoms with Gasteiger partial charge < -0.3 is 15.8 Å². The van der Waals surface area contributed by atoms with Gasteiger partial charge in [-0.15, -0.1) is 0 Å². The van der Waals surface area contributed by atoms with Crippen molar-refractivity contribution in [3.05, 3.63) is 0 Å². The molecule has 0 aromatic carbocycles. The molecule has 0 bridgehead atoms. The number of hydrogen-bond donors (Lipinski definition) is 2. The van der Waals surface area contributed by atoms with Gasteiger partial charge in [0, 0.05) is 25.2 Å². The lowest BCUT2D eigenvalue weighted by Gasteiger charge is -2.30. The van der Waals surface area contributed by atoms with E-state index in [1.54, 1.807) is 7.11 Å². The molecule has 1 fully saturated rings. The maximum atomic E-state index is 6.26. The maximum Gasteiger partial charge on any atom is 0.0724 e. The smallest absolute Gasteiger partial charge is 0.0724 e. The Morgan fingerprint density at radius 1 is 1.33 bits per heavy atom. The summed E-state index contributed by atoms with van der Waals surface area (Å²) in [4.78, 5) is 0. The highest BCUT2D eigenvalue weighted by molar-refractivity contribution is 4.89. The molecule has 15 heavy (non-hydrogen) atoms. The molecule has 0 aromatic rings. The Bertz CT molecular complexity index is 180. The van der Waals surface area contributed by atoms with Crippen molar-refractivity contribution in [3.8, 4) is 0 Å². The van der Waals surface area contributed by atoms with Crippen molar-refractivity contribution in [1.29, 1.82) is 0 Å². The summed E-state index contributed by atoms with van der Waals surface area (Å²) in [5, 5.41) is 3.58. The van der Waals surface area contributed by atoms with Gasteiger partial charge in [0.1, 0.15) is 0 Å². The predicted molar refractivity (Wildman–Crippen MR) is 63.9 cm³/mol. The van der Waals surface area contributed by atoms with E-state index in [0.29, 0.717) is 12.1 Å². The molecule has 1 rings (SSSR count). The highest BCUT2D eigenvalue weighted by Gasteiger charge is 2.29. The first kappa shape index (κ1) is 12.9. The predicted octanol–water partition coefficient (Wildman–Crippen LogP) is 1.66. The van der Waals surface area contributed by atoms with Crippen LogP contribution in [0.1, 0.15) is 46.0 Å². The summed E-state index contributed by atoms with van der Waals surface area (Å²) in [6, 6.07) is 0.510. The van der Waals surface area contributed by atoms with Crippen molar-refractivity contribution in [2.75, 3.05) is 13.7 Å². The molecule has 0 aromatic heterocycles. The molecule has 2 atom stereocenters. The van der Waals surface area contributed by atoms with Gasteiger partial charge in [0.15, 0.2) is 0 Å². The minimum absolute atomic E-state index is 0.0408. The summed E-state index contributed by atoms with van der Waals surface area (Å²) in [6.45, 7) is 5.23. The van der Waals surface area contributed by atoms with Gasteiger partial charge in [-0.3, -0.25) is 0 Å². The fourth-order valence-electron chi connectivity index (χ4n) is 2.28. The molecule has 3 nitrogen and oxygen atoms in total. The second-order valence-corrected chi connectivity index (χ2v) is 4.76. The summed E-state index contributed by atoms with van der Waals surface area (Å²) in [7, 11) is 1.81. The number of nitrogens with two attached hydrogens (primary N) is 1. The zero-order chi connectivity index (χ0) is 11.3. The molecule has 2 unspecified atom stereocenters. The first-order chi connectivity index (χ1) is 7.15. The monoisotopic (exact) mass is 214 g/mol. The largest absolute Gasteiger partial charge is 0.380 e. The highest BCUT2D eigenvalue weighted by atomic mass is 16.5. The first-order valence-corrected chi connectivity index (χ1v) is 6.20. The van der Waals surface area contributed by atoms with Crippen LogP contribution >= 0.6 is 0 Å². The van der Waals surface area contributed by atoms with Gasteiger partial charge in [-0.05, 0) is 32.1 Å². The molecule has 90 valence electrons. The Labute approximate surface area is 93.8 Å². The first-order valence-electron chi connectivity index (χ1n) is 6.20. The molecule has 0 heterocycles. The molecule has 3 heteroatoms. The zero-order valence-corrected chi connectivity index (χ0v) is 10.4. The van der Waals surface area contributed by atoms with Gasteiger partial charge in [-0.2, -0.15) is 0 Å². The lowest BCUT2D eigenvalue weighted by atomic mass is 9.94. The SMILES string of the molecule is CCC(N)(CC)CNC1CCCC1OC. The van der Waals surface area contributed by atoms with Crippen molar-refractivity contribution < 1.29 is 4.74 Å². The van der Waals surface area contributed by atoms with Gasteiger partial charge in [0.2, 0.25) is 0 Å². The number of ether oxygens (including phenoxy) is 1. The zero-order valence-electron chi connectivity index (χ0n) is 10.4. The summed E-state index contributed by atoms with van der Waals surface area (Å²) in [5.74, 6) is 0. The van der Waals surface area contributed by atoms with Crippen LogP contribution in [-0.4, -0.2) is 31.3 Å². The number of nitrogens with one attached hydrogen (secondary N) is 1. The average Bonchev–Trinajstić information content (AvgIpc) is 2.73. The van der Waals surface area contributed by atoms with Crippen LogP contribution in [-0.2, 0) is 4.74 Å². The Morgan fingerprint density at radius 2 is 2.00 bits per heavy atom. The van der Waals surface area contributed by atoms with Crippen molar-refractivity contribution in [1.82, 2.24) is 5.32 Å². The highest BCUT2D eigenvalue weighted by Crippen LogP contribution is 2.22. The number of hydrogen-bond acceptors (Lipinski definition) is 3. The second-order valence-electron chi connectivity index (χ2n) is 4.76. The minimum atomic E-state index is -0.0408. The van der Waals surface area contributed by atoms with E-state index in [-0.39, 0.29) is 5.54 Å². The summed E-state index contributed by atoms with van der Waals surface area (Å²) in [5.41, 5.74) is 6.22. The average molecular weight is 214 g/mol. The topological polar surface area (TPSA) is 47.3 Å². The molecule has 0 amide bonds. The fourth-order valence-corrected chi connectivity index (χ4v) is 2.28. The van der Waals surface area contributed by atoms with Crippen molar-refractivity contribution >= 4 is 0 Å². The summed E-state index contributed by atoms with van der Waals surface area (Å²) < 4.78 is 5.45. The van der Waals surface area contributed by atoms with E-state index >= 15 is 0 Å². The van der Waals surface area contributed by atoms with Crippen LogP contribution < -0.4 is 11.1 Å². The van der Waals surface area contributed by atoms with E-state index in [2.05, 4.69) is 19.2 Å². The Hall–Kier alpha value is -0.120. The second kappa shape index (κ2) is 5.83. The van der Waals surface area contributed by atoms with Gasteiger partial charge in [0.25, 0.3) is 0 Å². The van der Waals surface area contributed by atoms with E-state index in [1.165, 1.54) is 19.3 Å². The molecule has 0 aliphatic heterocycles. The summed E-state index contributed by atoms with van der Waals surface area (Å²) in [6.07, 6.45) is 6.13. The Morgan fingerprint density at radius 3 is 2.53 bits per heavy atom. The lowest BCUT2D eigenvalue weighted by Crippen LogP contribution is -2.51. The van der Waals surface area contributed by atoms with Gasteiger partial charge >= 0.3 is 0 Å². The number of methoxy groups -OCH3 is 1. The van der Waals surface area contributed by atoms with Crippen LogP contribution in [0.15, 0.2) is 0 Å². The van der Waals surface area contributed by atoms with Crippen LogP contribution in [0.25, 0.3) is 0 Å². The molecule has 1 aliphatic carbocycles. The Balaban J connectivity index is 2.35. The van der Waals surface area contributed by atoms with Crippen LogP contribution in [0.4, 0.5) is 0 Å². The van der Waals surface area contributed by atoms with E-state index in [4.69, 9.17) is 10.5 Å². The van der Waals surface area contributed by atoms with E-state index in [1.807, 2.05) is 0 Å². The third-order valence-corrected chi connectivity index (χ3v) is 3.88. The standard InChI is InChI=1S/C12H26N2O/c1-4-12(13,5-2)9-14-10-7-6-8-11(10)15-3/h10-11,14H,4-9,13H2,1-3H3. The molecule has 1 aliphatic rings. The minimum Gasteiger partial charge on any atom is -0.380 e. The molecular formula is C12H26N2O. The molecular weight excluding hydrogens is 188 g/mol. The lowest BCUT2D eigenvalue weighted by molar-refractivity contribution is 0.0828. The van der Waals surface area contributed by atoms with Gasteiger partial charge in [-0.25, -0.2) is 0 Å². The molecule has 0 spiro atoms. The normalized spacial score (nSPS) is 27.2. The maximum absolute atomic E-state index is 6.26. The van der Waals surface area contributed by atoms with Crippen LogP contribution in [0.5, 0.6) is 0 Å². The summed E-state index contributed by atoms with van der Waals surface area (Å²) >= 11 is 0. The van der Waals surface area contributed by atoms with E-state index < -0.39 is 0 Å². The van der Waals surface area contributed by atoms with Crippen LogP contribution in [0, 0.1) is 0 Å². The molecule has 0 radical (unpaired) electrons. The molecule has 3 N–H and O–H groups in total.